The molecule has 0 aromatic carbocycles. The number of nitrogens with one attached hydrogen (secondary N) is 1. The zero-order chi connectivity index (χ0) is 15.0. The number of rotatable bonds is 10. The van der Waals surface area contributed by atoms with Gasteiger partial charge in [-0.05, 0) is 19.4 Å². The molecule has 1 amide bonds. The molecule has 0 heterocycles. The van der Waals surface area contributed by atoms with Crippen molar-refractivity contribution < 1.29 is 14.4 Å². The summed E-state index contributed by atoms with van der Waals surface area (Å²) >= 11 is 0. The van der Waals surface area contributed by atoms with Crippen LogP contribution in [0.4, 0.5) is 0 Å². The van der Waals surface area contributed by atoms with Crippen molar-refractivity contribution in [3.8, 4) is 0 Å². The molecule has 0 unspecified atom stereocenters. The molecule has 0 saturated heterocycles. The van der Waals surface area contributed by atoms with Crippen LogP contribution in [0.15, 0.2) is 0 Å². The van der Waals surface area contributed by atoms with E-state index in [2.05, 4.69) is 5.32 Å². The number of hydrogen-bond acceptors (Lipinski definition) is 8. The minimum absolute atomic E-state index is 0.285. The number of carbonyl (C=O) groups is 3. The summed E-state index contributed by atoms with van der Waals surface area (Å²) in [6.45, 7) is 0.472. The van der Waals surface area contributed by atoms with E-state index >= 15 is 0 Å². The van der Waals surface area contributed by atoms with E-state index < -0.39 is 35.8 Å². The van der Waals surface area contributed by atoms with Gasteiger partial charge >= 0.3 is 0 Å². The first kappa shape index (κ1) is 17.6. The molecule has 0 aromatic heterocycles. The van der Waals surface area contributed by atoms with Crippen LogP contribution in [0.25, 0.3) is 0 Å². The topological polar surface area (TPSA) is 193 Å². The summed E-state index contributed by atoms with van der Waals surface area (Å²) < 4.78 is 0. The minimum Gasteiger partial charge on any atom is -0.370 e. The summed E-state index contributed by atoms with van der Waals surface area (Å²) in [6, 6.07) is -2.19. The SMILES string of the molecule is NC(=O)C[C@H](N)C(=O)C(=O)[C@@H](N)CCCNC(N)N. The average Bonchev–Trinajstić information content (AvgIpc) is 2.31. The number of amides is 1. The highest BCUT2D eigenvalue weighted by molar-refractivity contribution is 6.41. The van der Waals surface area contributed by atoms with Crippen molar-refractivity contribution in [1.29, 1.82) is 0 Å². The highest BCUT2D eigenvalue weighted by Crippen LogP contribution is 2.00. The van der Waals surface area contributed by atoms with E-state index in [0.29, 0.717) is 13.0 Å². The monoisotopic (exact) mass is 274 g/mol. The van der Waals surface area contributed by atoms with Gasteiger partial charge < -0.3 is 28.7 Å². The van der Waals surface area contributed by atoms with Crippen LogP contribution in [0.1, 0.15) is 19.3 Å². The normalized spacial score (nSPS) is 14.2. The van der Waals surface area contributed by atoms with E-state index in [-0.39, 0.29) is 12.8 Å². The lowest BCUT2D eigenvalue weighted by Gasteiger charge is -2.13. The first-order valence-corrected chi connectivity index (χ1v) is 5.87. The summed E-state index contributed by atoms with van der Waals surface area (Å²) in [7, 11) is 0. The van der Waals surface area contributed by atoms with Gasteiger partial charge in [0.1, 0.15) is 6.29 Å². The van der Waals surface area contributed by atoms with Crippen LogP contribution in [0.3, 0.4) is 0 Å². The molecule has 2 atom stereocenters. The van der Waals surface area contributed by atoms with Crippen molar-refractivity contribution in [1.82, 2.24) is 5.32 Å². The van der Waals surface area contributed by atoms with Gasteiger partial charge in [0.05, 0.1) is 12.1 Å². The Labute approximate surface area is 111 Å². The van der Waals surface area contributed by atoms with E-state index in [0.717, 1.165) is 0 Å². The molecule has 0 aliphatic heterocycles. The molecule has 9 heteroatoms. The minimum atomic E-state index is -1.23. The van der Waals surface area contributed by atoms with Crippen molar-refractivity contribution in [3.05, 3.63) is 0 Å². The molecule has 110 valence electrons. The molecule has 0 aliphatic rings. The lowest BCUT2D eigenvalue weighted by Crippen LogP contribution is -2.47. The second kappa shape index (κ2) is 8.67. The predicted molar refractivity (Wildman–Crippen MR) is 69.2 cm³/mol. The fourth-order valence-corrected chi connectivity index (χ4v) is 1.40. The molecule has 0 aliphatic carbocycles. The fourth-order valence-electron chi connectivity index (χ4n) is 1.40. The molecule has 11 N–H and O–H groups in total. The third-order valence-corrected chi connectivity index (χ3v) is 2.41. The lowest BCUT2D eigenvalue weighted by atomic mass is 9.98. The van der Waals surface area contributed by atoms with Gasteiger partial charge in [-0.3, -0.25) is 19.7 Å². The van der Waals surface area contributed by atoms with E-state index in [1.54, 1.807) is 0 Å². The smallest absolute Gasteiger partial charge is 0.219 e. The quantitative estimate of drug-likeness (QED) is 0.133. The Hall–Kier alpha value is -1.39. The fraction of sp³-hybridized carbons (Fsp3) is 0.700. The molecule has 0 spiro atoms. The highest BCUT2D eigenvalue weighted by Gasteiger charge is 2.27. The van der Waals surface area contributed by atoms with Crippen LogP contribution in [0.2, 0.25) is 0 Å². The number of hydrogen-bond donors (Lipinski definition) is 6. The maximum absolute atomic E-state index is 11.6. The highest BCUT2D eigenvalue weighted by atomic mass is 16.2. The Kier molecular flexibility index (Phi) is 8.03. The summed E-state index contributed by atoms with van der Waals surface area (Å²) in [4.78, 5) is 33.8. The Balaban J connectivity index is 4.10. The van der Waals surface area contributed by atoms with Crippen molar-refractivity contribution >= 4 is 17.5 Å². The van der Waals surface area contributed by atoms with Gasteiger partial charge in [0.25, 0.3) is 0 Å². The lowest BCUT2D eigenvalue weighted by molar-refractivity contribution is -0.138. The molecule has 0 bridgehead atoms. The molecule has 19 heavy (non-hydrogen) atoms. The third-order valence-electron chi connectivity index (χ3n) is 2.41. The van der Waals surface area contributed by atoms with Crippen LogP contribution in [-0.4, -0.2) is 42.4 Å². The largest absolute Gasteiger partial charge is 0.370 e. The molecular weight excluding hydrogens is 252 g/mol. The Morgan fingerprint density at radius 3 is 1.95 bits per heavy atom. The van der Waals surface area contributed by atoms with Crippen LogP contribution in [0.5, 0.6) is 0 Å². The summed E-state index contributed by atoms with van der Waals surface area (Å²) in [5, 5.41) is 2.74. The van der Waals surface area contributed by atoms with Crippen LogP contribution >= 0.6 is 0 Å². The second-order valence-corrected chi connectivity index (χ2v) is 4.23. The van der Waals surface area contributed by atoms with Crippen LogP contribution in [-0.2, 0) is 14.4 Å². The molecule has 0 aromatic rings. The van der Waals surface area contributed by atoms with Gasteiger partial charge in [0, 0.05) is 6.42 Å². The summed E-state index contributed by atoms with van der Waals surface area (Å²) in [5.74, 6) is -2.43. The first-order valence-electron chi connectivity index (χ1n) is 5.87. The zero-order valence-corrected chi connectivity index (χ0v) is 10.7. The number of Topliss-reactive ketones (excluding diaryl/α,β-unsaturated/α-hetero) is 2. The zero-order valence-electron chi connectivity index (χ0n) is 10.7. The van der Waals surface area contributed by atoms with E-state index in [9.17, 15) is 14.4 Å². The summed E-state index contributed by atoms with van der Waals surface area (Å²) in [6.07, 6.45) is -0.206. The van der Waals surface area contributed by atoms with E-state index in [1.165, 1.54) is 0 Å². The number of carbonyl (C=O) groups excluding carboxylic acids is 3. The Morgan fingerprint density at radius 1 is 0.947 bits per heavy atom. The van der Waals surface area contributed by atoms with Crippen molar-refractivity contribution in [2.24, 2.45) is 28.7 Å². The summed E-state index contributed by atoms with van der Waals surface area (Å²) in [5.41, 5.74) is 26.4. The van der Waals surface area contributed by atoms with Gasteiger partial charge in [-0.25, -0.2) is 0 Å². The Bertz CT molecular complexity index is 333. The van der Waals surface area contributed by atoms with Crippen molar-refractivity contribution in [2.45, 2.75) is 37.6 Å². The van der Waals surface area contributed by atoms with Crippen molar-refractivity contribution in [2.75, 3.05) is 6.54 Å². The standard InChI is InChI=1S/C10H22N6O3/c11-5(2-1-3-16-10(14)15)8(18)9(19)6(12)4-7(13)17/h5-6,10,16H,1-4,11-12,14-15H2,(H2,13,17)/t5-,6-/m0/s1. The van der Waals surface area contributed by atoms with Crippen molar-refractivity contribution in [3.63, 3.8) is 0 Å². The van der Waals surface area contributed by atoms with Crippen LogP contribution in [0, 0.1) is 0 Å². The number of nitrogens with two attached hydrogens (primary N) is 5. The maximum Gasteiger partial charge on any atom is 0.219 e. The molecule has 0 rings (SSSR count). The van der Waals surface area contributed by atoms with Gasteiger partial charge in [0.15, 0.2) is 0 Å². The van der Waals surface area contributed by atoms with Crippen LogP contribution < -0.4 is 34.0 Å². The third kappa shape index (κ3) is 7.59. The predicted octanol–water partition coefficient (Wildman–Crippen LogP) is -3.77. The second-order valence-electron chi connectivity index (χ2n) is 4.23. The molecular formula is C10H22N6O3. The van der Waals surface area contributed by atoms with Gasteiger partial charge in [-0.1, -0.05) is 0 Å². The molecule has 0 radical (unpaired) electrons. The number of primary amides is 1. The van der Waals surface area contributed by atoms with E-state index in [1.807, 2.05) is 0 Å². The number of ketones is 2. The molecule has 0 saturated carbocycles. The van der Waals surface area contributed by atoms with Gasteiger partial charge in [-0.15, -0.1) is 0 Å². The molecule has 9 nitrogen and oxygen atoms in total. The first-order chi connectivity index (χ1) is 8.75. The maximum atomic E-state index is 11.6. The molecule has 0 fully saturated rings. The van der Waals surface area contributed by atoms with Gasteiger partial charge in [0.2, 0.25) is 17.5 Å². The van der Waals surface area contributed by atoms with Gasteiger partial charge in [-0.2, -0.15) is 0 Å². The Morgan fingerprint density at radius 2 is 1.47 bits per heavy atom. The average molecular weight is 274 g/mol. The van der Waals surface area contributed by atoms with E-state index in [4.69, 9.17) is 28.7 Å².